The number of methoxy groups -OCH3 is 1. The van der Waals surface area contributed by atoms with E-state index in [9.17, 15) is 9.59 Å². The molecule has 0 radical (unpaired) electrons. The maximum absolute atomic E-state index is 12.4. The number of rotatable bonds is 3. The second-order valence-electron chi connectivity index (χ2n) is 4.47. The molecule has 1 amide bonds. The van der Waals surface area contributed by atoms with Gasteiger partial charge in [0.05, 0.1) is 23.9 Å². The predicted octanol–water partition coefficient (Wildman–Crippen LogP) is 3.80. The van der Waals surface area contributed by atoms with E-state index < -0.39 is 5.97 Å². The number of carbonyl (C=O) groups is 2. The molecule has 0 aliphatic rings. The van der Waals surface area contributed by atoms with Crippen molar-refractivity contribution in [2.45, 2.75) is 6.92 Å². The summed E-state index contributed by atoms with van der Waals surface area (Å²) in [6.45, 7) is 1.91. The summed E-state index contributed by atoms with van der Waals surface area (Å²) in [7, 11) is 1.30. The second kappa shape index (κ2) is 6.54. The van der Waals surface area contributed by atoms with Gasteiger partial charge in [0.1, 0.15) is 0 Å². The van der Waals surface area contributed by atoms with Crippen molar-refractivity contribution in [3.05, 3.63) is 63.6 Å². The van der Waals surface area contributed by atoms with Gasteiger partial charge in [0.25, 0.3) is 5.91 Å². The summed E-state index contributed by atoms with van der Waals surface area (Å²) in [4.78, 5) is 24.0. The van der Waals surface area contributed by atoms with Crippen LogP contribution in [0.3, 0.4) is 0 Å². The molecule has 0 spiro atoms. The summed E-state index contributed by atoms with van der Waals surface area (Å²) in [6.07, 6.45) is 0. The Morgan fingerprint density at radius 3 is 2.52 bits per heavy atom. The van der Waals surface area contributed by atoms with Gasteiger partial charge in [-0.05, 0) is 47.1 Å². The Labute approximate surface area is 131 Å². The van der Waals surface area contributed by atoms with Crippen LogP contribution < -0.4 is 5.32 Å². The van der Waals surface area contributed by atoms with Crippen molar-refractivity contribution in [3.63, 3.8) is 0 Å². The first kappa shape index (κ1) is 15.3. The standard InChI is InChI=1S/C16H14BrNO3/c1-10-7-8-13(17)12(9-10)15(19)18-14-6-4-3-5-11(14)16(20)21-2/h3-9H,1-2H3,(H,18,19). The molecule has 2 aromatic rings. The first-order chi connectivity index (χ1) is 10.0. The van der Waals surface area contributed by atoms with Crippen molar-refractivity contribution in [2.24, 2.45) is 0 Å². The van der Waals surface area contributed by atoms with Gasteiger partial charge < -0.3 is 10.1 Å². The first-order valence-corrected chi connectivity index (χ1v) is 7.07. The van der Waals surface area contributed by atoms with Crippen LogP contribution in [0.25, 0.3) is 0 Å². The van der Waals surface area contributed by atoms with Crippen molar-refractivity contribution in [1.82, 2.24) is 0 Å². The van der Waals surface area contributed by atoms with Crippen molar-refractivity contribution >= 4 is 33.5 Å². The van der Waals surface area contributed by atoms with Crippen molar-refractivity contribution in [2.75, 3.05) is 12.4 Å². The highest BCUT2D eigenvalue weighted by atomic mass is 79.9. The third-order valence-electron chi connectivity index (χ3n) is 2.95. The van der Waals surface area contributed by atoms with Gasteiger partial charge in [0.2, 0.25) is 0 Å². The minimum Gasteiger partial charge on any atom is -0.465 e. The van der Waals surface area contributed by atoms with Crippen LogP contribution in [0, 0.1) is 6.92 Å². The highest BCUT2D eigenvalue weighted by Crippen LogP contribution is 2.21. The average Bonchev–Trinajstić information content (AvgIpc) is 2.49. The molecule has 0 saturated carbocycles. The SMILES string of the molecule is COC(=O)c1ccccc1NC(=O)c1cc(C)ccc1Br. The Balaban J connectivity index is 2.32. The normalized spacial score (nSPS) is 10.0. The van der Waals surface area contributed by atoms with E-state index in [0.717, 1.165) is 5.56 Å². The molecule has 0 fully saturated rings. The van der Waals surface area contributed by atoms with Crippen LogP contribution >= 0.6 is 15.9 Å². The zero-order valence-electron chi connectivity index (χ0n) is 11.6. The van der Waals surface area contributed by atoms with Crippen LogP contribution in [0.5, 0.6) is 0 Å². The summed E-state index contributed by atoms with van der Waals surface area (Å²) in [6, 6.07) is 12.2. The van der Waals surface area contributed by atoms with Crippen LogP contribution in [0.4, 0.5) is 5.69 Å². The van der Waals surface area contributed by atoms with E-state index in [4.69, 9.17) is 4.74 Å². The van der Waals surface area contributed by atoms with Gasteiger partial charge in [-0.25, -0.2) is 4.79 Å². The highest BCUT2D eigenvalue weighted by molar-refractivity contribution is 9.10. The molecule has 0 heterocycles. The van der Waals surface area contributed by atoms with Crippen molar-refractivity contribution < 1.29 is 14.3 Å². The monoisotopic (exact) mass is 347 g/mol. The largest absolute Gasteiger partial charge is 0.465 e. The first-order valence-electron chi connectivity index (χ1n) is 6.27. The molecular weight excluding hydrogens is 334 g/mol. The van der Waals surface area contributed by atoms with Gasteiger partial charge in [0, 0.05) is 4.47 Å². The fourth-order valence-electron chi connectivity index (χ4n) is 1.88. The molecule has 0 aromatic heterocycles. The number of amides is 1. The Morgan fingerprint density at radius 1 is 1.10 bits per heavy atom. The molecular formula is C16H14BrNO3. The maximum atomic E-state index is 12.4. The molecule has 0 saturated heterocycles. The Bertz CT molecular complexity index is 698. The van der Waals surface area contributed by atoms with Crippen LogP contribution in [0.1, 0.15) is 26.3 Å². The van der Waals surface area contributed by atoms with Gasteiger partial charge in [-0.15, -0.1) is 0 Å². The molecule has 2 aromatic carbocycles. The van der Waals surface area contributed by atoms with E-state index in [-0.39, 0.29) is 5.91 Å². The summed E-state index contributed by atoms with van der Waals surface area (Å²) in [5.41, 5.74) is 2.22. The number of halogens is 1. The number of esters is 1. The number of ether oxygens (including phenoxy) is 1. The third-order valence-corrected chi connectivity index (χ3v) is 3.64. The number of carbonyl (C=O) groups excluding carboxylic acids is 2. The third kappa shape index (κ3) is 3.49. The smallest absolute Gasteiger partial charge is 0.339 e. The summed E-state index contributed by atoms with van der Waals surface area (Å²) >= 11 is 3.35. The molecule has 4 nitrogen and oxygen atoms in total. The van der Waals surface area contributed by atoms with E-state index in [1.165, 1.54) is 7.11 Å². The number of hydrogen-bond acceptors (Lipinski definition) is 3. The minimum atomic E-state index is -0.491. The number of nitrogens with one attached hydrogen (secondary N) is 1. The number of benzene rings is 2. The summed E-state index contributed by atoms with van der Waals surface area (Å²) in [5.74, 6) is -0.781. The van der Waals surface area contributed by atoms with E-state index in [0.29, 0.717) is 21.3 Å². The molecule has 0 aliphatic heterocycles. The topological polar surface area (TPSA) is 55.4 Å². The van der Waals surface area contributed by atoms with E-state index in [1.807, 2.05) is 19.1 Å². The molecule has 108 valence electrons. The Hall–Kier alpha value is -2.14. The second-order valence-corrected chi connectivity index (χ2v) is 5.33. The number of hydrogen-bond donors (Lipinski definition) is 1. The lowest BCUT2D eigenvalue weighted by atomic mass is 10.1. The lowest BCUT2D eigenvalue weighted by molar-refractivity contribution is 0.0602. The fourth-order valence-corrected chi connectivity index (χ4v) is 2.31. The Kier molecular flexibility index (Phi) is 4.75. The maximum Gasteiger partial charge on any atom is 0.339 e. The lowest BCUT2D eigenvalue weighted by Gasteiger charge is -2.11. The van der Waals surface area contributed by atoms with Crippen LogP contribution in [0.2, 0.25) is 0 Å². The zero-order valence-corrected chi connectivity index (χ0v) is 13.2. The lowest BCUT2D eigenvalue weighted by Crippen LogP contribution is -2.16. The molecule has 0 atom stereocenters. The highest BCUT2D eigenvalue weighted by Gasteiger charge is 2.15. The van der Waals surface area contributed by atoms with Crippen molar-refractivity contribution in [1.29, 1.82) is 0 Å². The molecule has 5 heteroatoms. The molecule has 0 aliphatic carbocycles. The van der Waals surface area contributed by atoms with E-state index >= 15 is 0 Å². The molecule has 0 unspecified atom stereocenters. The van der Waals surface area contributed by atoms with Crippen molar-refractivity contribution in [3.8, 4) is 0 Å². The van der Waals surface area contributed by atoms with Crippen LogP contribution in [-0.4, -0.2) is 19.0 Å². The fraction of sp³-hybridized carbons (Fsp3) is 0.125. The quantitative estimate of drug-likeness (QED) is 0.859. The number of para-hydroxylation sites is 1. The Morgan fingerprint density at radius 2 is 1.81 bits per heavy atom. The summed E-state index contributed by atoms with van der Waals surface area (Å²) in [5, 5.41) is 2.74. The summed E-state index contributed by atoms with van der Waals surface area (Å²) < 4.78 is 5.40. The molecule has 21 heavy (non-hydrogen) atoms. The van der Waals surface area contributed by atoms with Gasteiger partial charge in [-0.2, -0.15) is 0 Å². The molecule has 0 bridgehead atoms. The minimum absolute atomic E-state index is 0.290. The van der Waals surface area contributed by atoms with Gasteiger partial charge in [0.15, 0.2) is 0 Å². The number of aryl methyl sites for hydroxylation is 1. The van der Waals surface area contributed by atoms with Crippen LogP contribution in [-0.2, 0) is 4.74 Å². The molecule has 1 N–H and O–H groups in total. The van der Waals surface area contributed by atoms with Gasteiger partial charge >= 0.3 is 5.97 Å². The van der Waals surface area contributed by atoms with Gasteiger partial charge in [-0.1, -0.05) is 23.8 Å². The predicted molar refractivity (Wildman–Crippen MR) is 84.6 cm³/mol. The van der Waals surface area contributed by atoms with E-state index in [2.05, 4.69) is 21.2 Å². The number of anilines is 1. The van der Waals surface area contributed by atoms with Gasteiger partial charge in [-0.3, -0.25) is 4.79 Å². The van der Waals surface area contributed by atoms with E-state index in [1.54, 1.807) is 30.3 Å². The average molecular weight is 348 g/mol. The van der Waals surface area contributed by atoms with Crippen LogP contribution in [0.15, 0.2) is 46.9 Å². The zero-order chi connectivity index (χ0) is 15.4. The molecule has 2 rings (SSSR count).